The van der Waals surface area contributed by atoms with Crippen LogP contribution in [-0.4, -0.2) is 23.6 Å². The molecule has 8 heteroatoms. The number of hydrogen-bond acceptors (Lipinski definition) is 3. The van der Waals surface area contributed by atoms with Crippen LogP contribution >= 0.6 is 11.6 Å². The van der Waals surface area contributed by atoms with Gasteiger partial charge >= 0.3 is 6.18 Å². The van der Waals surface area contributed by atoms with E-state index in [-0.39, 0.29) is 5.70 Å². The predicted octanol–water partition coefficient (Wildman–Crippen LogP) is 2.40. The number of nitrogens with zero attached hydrogens (tertiary/aromatic N) is 3. The van der Waals surface area contributed by atoms with Crippen LogP contribution in [0.2, 0.25) is 5.02 Å². The Morgan fingerprint density at radius 3 is 2.53 bits per heavy atom. The van der Waals surface area contributed by atoms with E-state index in [0.717, 1.165) is 0 Å². The van der Waals surface area contributed by atoms with E-state index in [1.807, 2.05) is 0 Å². The summed E-state index contributed by atoms with van der Waals surface area (Å²) < 4.78 is 38.4. The number of hydrogen-bond donors (Lipinski definition) is 0. The Morgan fingerprint density at radius 1 is 1.53 bits per heavy atom. The molecule has 19 heavy (non-hydrogen) atoms. The van der Waals surface area contributed by atoms with Crippen molar-refractivity contribution in [2.45, 2.75) is 6.18 Å². The van der Waals surface area contributed by atoms with Gasteiger partial charge in [0.2, 0.25) is 0 Å². The Balaban J connectivity index is 3.57. The highest BCUT2D eigenvalue weighted by Crippen LogP contribution is 2.30. The summed E-state index contributed by atoms with van der Waals surface area (Å²) in [7, 11) is 3.13. The number of rotatable bonds is 2. The third kappa shape index (κ3) is 3.51. The van der Waals surface area contributed by atoms with Gasteiger partial charge in [0.25, 0.3) is 5.56 Å². The summed E-state index contributed by atoms with van der Waals surface area (Å²) in [4.78, 5) is 13.1. The van der Waals surface area contributed by atoms with Crippen LogP contribution in [0.25, 0.3) is 5.70 Å². The fourth-order valence-electron chi connectivity index (χ4n) is 1.27. The molecule has 0 radical (unpaired) electrons. The topological polar surface area (TPSA) is 49.0 Å². The minimum Gasteiger partial charge on any atom is -0.381 e. The van der Waals surface area contributed by atoms with Crippen molar-refractivity contribution in [1.29, 1.82) is 5.26 Å². The third-order valence-corrected chi connectivity index (χ3v) is 2.33. The highest BCUT2D eigenvalue weighted by Gasteiger charge is 2.32. The number of pyridine rings is 1. The molecule has 102 valence electrons. The Kier molecular flexibility index (Phi) is 4.27. The molecular formula is C11H9ClF3N3O. The van der Waals surface area contributed by atoms with Crippen molar-refractivity contribution in [1.82, 2.24) is 9.47 Å². The van der Waals surface area contributed by atoms with Crippen molar-refractivity contribution in [2.24, 2.45) is 0 Å². The fraction of sp³-hybridized carbons (Fsp3) is 0.273. The lowest BCUT2D eigenvalue weighted by Crippen LogP contribution is -2.23. The summed E-state index contributed by atoms with van der Waals surface area (Å²) in [6.07, 6.45) is -2.89. The largest absolute Gasteiger partial charge is 0.417 e. The lowest BCUT2D eigenvalue weighted by atomic mass is 10.2. The van der Waals surface area contributed by atoms with Gasteiger partial charge in [-0.15, -0.1) is 0 Å². The first kappa shape index (κ1) is 15.1. The second kappa shape index (κ2) is 5.36. The molecule has 0 fully saturated rings. The summed E-state index contributed by atoms with van der Waals surface area (Å²) in [5.41, 5.74) is -2.25. The maximum Gasteiger partial charge on any atom is 0.417 e. The van der Waals surface area contributed by atoms with E-state index in [0.29, 0.717) is 16.8 Å². The van der Waals surface area contributed by atoms with Crippen LogP contribution in [0.15, 0.2) is 23.3 Å². The molecule has 4 nitrogen and oxygen atoms in total. The van der Waals surface area contributed by atoms with Crippen LogP contribution in [0.1, 0.15) is 5.56 Å². The average Bonchev–Trinajstić information content (AvgIpc) is 2.28. The normalized spacial score (nSPS) is 12.2. The van der Waals surface area contributed by atoms with Crippen LogP contribution in [-0.2, 0) is 6.18 Å². The number of alkyl halides is 3. The smallest absolute Gasteiger partial charge is 0.381 e. The molecule has 0 saturated carbocycles. The summed E-state index contributed by atoms with van der Waals surface area (Å²) in [5.74, 6) is 0. The minimum atomic E-state index is -4.65. The first-order chi connectivity index (χ1) is 8.66. The first-order valence-electron chi connectivity index (χ1n) is 4.95. The Bertz CT molecular complexity index is 611. The van der Waals surface area contributed by atoms with Crippen LogP contribution in [0, 0.1) is 11.3 Å². The van der Waals surface area contributed by atoms with E-state index in [9.17, 15) is 18.0 Å². The van der Waals surface area contributed by atoms with Crippen LogP contribution < -0.4 is 5.56 Å². The summed E-state index contributed by atoms with van der Waals surface area (Å²) in [5, 5.41) is 8.31. The lowest BCUT2D eigenvalue weighted by molar-refractivity contribution is -0.137. The van der Waals surface area contributed by atoms with Gasteiger partial charge in [0.15, 0.2) is 0 Å². The van der Waals surface area contributed by atoms with Gasteiger partial charge in [-0.25, -0.2) is 0 Å². The van der Waals surface area contributed by atoms with Gasteiger partial charge < -0.3 is 4.90 Å². The molecule has 0 atom stereocenters. The van der Waals surface area contributed by atoms with E-state index in [4.69, 9.17) is 16.9 Å². The highest BCUT2D eigenvalue weighted by atomic mass is 35.5. The van der Waals surface area contributed by atoms with Crippen LogP contribution in [0.5, 0.6) is 0 Å². The van der Waals surface area contributed by atoms with Crippen molar-refractivity contribution in [3.8, 4) is 6.07 Å². The third-order valence-electron chi connectivity index (χ3n) is 2.06. The molecule has 0 aliphatic rings. The van der Waals surface area contributed by atoms with Gasteiger partial charge in [0, 0.05) is 26.5 Å². The summed E-state index contributed by atoms with van der Waals surface area (Å²) >= 11 is 5.48. The van der Waals surface area contributed by atoms with Crippen molar-refractivity contribution >= 4 is 17.3 Å². The van der Waals surface area contributed by atoms with E-state index < -0.39 is 22.3 Å². The quantitative estimate of drug-likeness (QED) is 0.786. The summed E-state index contributed by atoms with van der Waals surface area (Å²) in [6.45, 7) is 0. The zero-order valence-corrected chi connectivity index (χ0v) is 10.7. The number of halogens is 4. The molecule has 0 N–H and O–H groups in total. The Hall–Kier alpha value is -1.94. The van der Waals surface area contributed by atoms with Crippen LogP contribution in [0.4, 0.5) is 13.2 Å². The van der Waals surface area contributed by atoms with Gasteiger partial charge in [-0.2, -0.15) is 18.4 Å². The monoisotopic (exact) mass is 291 g/mol. The maximum absolute atomic E-state index is 12.6. The number of nitriles is 1. The van der Waals surface area contributed by atoms with E-state index in [1.54, 1.807) is 20.2 Å². The fourth-order valence-corrected chi connectivity index (χ4v) is 1.48. The molecule has 1 aromatic rings. The zero-order valence-electron chi connectivity index (χ0n) is 9.99. The molecule has 0 spiro atoms. The van der Waals surface area contributed by atoms with Gasteiger partial charge in [0.05, 0.1) is 5.56 Å². The number of allylic oxidation sites excluding steroid dienone is 1. The first-order valence-corrected chi connectivity index (χ1v) is 5.32. The standard InChI is InChI=1S/C11H9ClF3N3O/c1-17(2)6-8(4-16)18-5-7(11(13,14)15)3-9(12)10(18)19/h3,5-6H,1-2H3/b8-6-. The molecule has 0 aliphatic carbocycles. The molecule has 0 unspecified atom stereocenters. The number of aromatic nitrogens is 1. The molecule has 0 amide bonds. The molecular weight excluding hydrogens is 283 g/mol. The molecule has 1 aromatic heterocycles. The SMILES string of the molecule is CN(C)/C=C(/C#N)n1cc(C(F)(F)F)cc(Cl)c1=O. The van der Waals surface area contributed by atoms with Gasteiger partial charge in [0.1, 0.15) is 16.8 Å². The maximum atomic E-state index is 12.6. The second-order valence-electron chi connectivity index (χ2n) is 3.84. The predicted molar refractivity (Wildman–Crippen MR) is 64.3 cm³/mol. The molecule has 0 aliphatic heterocycles. The van der Waals surface area contributed by atoms with E-state index >= 15 is 0 Å². The van der Waals surface area contributed by atoms with E-state index in [2.05, 4.69) is 0 Å². The van der Waals surface area contributed by atoms with Crippen LogP contribution in [0.3, 0.4) is 0 Å². The molecule has 1 rings (SSSR count). The van der Waals surface area contributed by atoms with Gasteiger partial charge in [-0.3, -0.25) is 9.36 Å². The van der Waals surface area contributed by atoms with Crippen molar-refractivity contribution in [3.63, 3.8) is 0 Å². The second-order valence-corrected chi connectivity index (χ2v) is 4.25. The van der Waals surface area contributed by atoms with Gasteiger partial charge in [-0.1, -0.05) is 11.6 Å². The van der Waals surface area contributed by atoms with Crippen molar-refractivity contribution < 1.29 is 13.2 Å². The highest BCUT2D eigenvalue weighted by molar-refractivity contribution is 6.30. The molecule has 0 saturated heterocycles. The average molecular weight is 292 g/mol. The molecule has 0 aromatic carbocycles. The van der Waals surface area contributed by atoms with Gasteiger partial charge in [-0.05, 0) is 6.07 Å². The molecule has 0 bridgehead atoms. The summed E-state index contributed by atoms with van der Waals surface area (Å²) in [6, 6.07) is 2.19. The van der Waals surface area contributed by atoms with Crippen molar-refractivity contribution in [3.05, 3.63) is 39.4 Å². The van der Waals surface area contributed by atoms with E-state index in [1.165, 1.54) is 11.1 Å². The zero-order chi connectivity index (χ0) is 14.8. The van der Waals surface area contributed by atoms with Crippen molar-refractivity contribution in [2.75, 3.05) is 14.1 Å². The Labute approximate surface area is 111 Å². The Morgan fingerprint density at radius 2 is 2.11 bits per heavy atom. The molecule has 1 heterocycles. The minimum absolute atomic E-state index is 0.261. The lowest BCUT2D eigenvalue weighted by Gasteiger charge is -2.12.